The van der Waals surface area contributed by atoms with E-state index in [1.165, 1.54) is 26.1 Å². The molecule has 0 aromatic carbocycles. The summed E-state index contributed by atoms with van der Waals surface area (Å²) in [4.78, 5) is 34.5. The molecule has 1 amide bonds. The van der Waals surface area contributed by atoms with Gasteiger partial charge in [-0.3, -0.25) is 9.59 Å². The Morgan fingerprint density at radius 2 is 1.68 bits per heavy atom. The summed E-state index contributed by atoms with van der Waals surface area (Å²) in [5.74, 6) is -3.73. The third kappa shape index (κ3) is 8.63. The van der Waals surface area contributed by atoms with Gasteiger partial charge in [-0.25, -0.2) is 4.79 Å². The number of amides is 1. The predicted molar refractivity (Wildman–Crippen MR) is 73.0 cm³/mol. The largest absolute Gasteiger partial charge is 0.471 e. The van der Waals surface area contributed by atoms with Gasteiger partial charge in [0, 0.05) is 12.8 Å². The number of ether oxygens (including phenoxy) is 1. The number of nitrogens with one attached hydrogen (secondary N) is 1. The summed E-state index contributed by atoms with van der Waals surface area (Å²) in [6.07, 6.45) is -4.22. The van der Waals surface area contributed by atoms with E-state index < -0.39 is 41.9 Å². The summed E-state index contributed by atoms with van der Waals surface area (Å²) >= 11 is 0. The lowest BCUT2D eigenvalue weighted by Crippen LogP contribution is -2.49. The minimum atomic E-state index is -5.13. The Morgan fingerprint density at radius 1 is 1.14 bits per heavy atom. The van der Waals surface area contributed by atoms with Crippen molar-refractivity contribution in [2.45, 2.75) is 71.2 Å². The van der Waals surface area contributed by atoms with Crippen molar-refractivity contribution in [2.75, 3.05) is 0 Å². The maximum Gasteiger partial charge on any atom is 0.471 e. The van der Waals surface area contributed by atoms with E-state index in [1.807, 2.05) is 6.92 Å². The monoisotopic (exact) mass is 325 g/mol. The van der Waals surface area contributed by atoms with Gasteiger partial charge in [0.1, 0.15) is 17.4 Å². The number of halogens is 3. The topological polar surface area (TPSA) is 72.5 Å². The fourth-order valence-electron chi connectivity index (χ4n) is 1.51. The number of alkyl halides is 3. The number of hydrogen-bond donors (Lipinski definition) is 1. The van der Waals surface area contributed by atoms with Crippen molar-refractivity contribution in [1.82, 2.24) is 5.32 Å². The summed E-state index contributed by atoms with van der Waals surface area (Å²) in [7, 11) is 0. The van der Waals surface area contributed by atoms with Gasteiger partial charge in [-0.1, -0.05) is 13.3 Å². The average Bonchev–Trinajstić information content (AvgIpc) is 2.32. The summed E-state index contributed by atoms with van der Waals surface area (Å²) in [6, 6.07) is -1.64. The lowest BCUT2D eigenvalue weighted by atomic mass is 10.1. The Kier molecular flexibility index (Phi) is 7.55. The highest BCUT2D eigenvalue weighted by Crippen LogP contribution is 2.17. The van der Waals surface area contributed by atoms with E-state index in [0.29, 0.717) is 6.42 Å². The van der Waals surface area contributed by atoms with Gasteiger partial charge in [0.2, 0.25) is 0 Å². The number of carbonyl (C=O) groups is 3. The van der Waals surface area contributed by atoms with Crippen LogP contribution in [0.3, 0.4) is 0 Å². The van der Waals surface area contributed by atoms with Gasteiger partial charge < -0.3 is 10.1 Å². The first-order valence-electron chi connectivity index (χ1n) is 6.99. The average molecular weight is 325 g/mol. The molecule has 0 aliphatic heterocycles. The van der Waals surface area contributed by atoms with Crippen molar-refractivity contribution in [3.05, 3.63) is 0 Å². The quantitative estimate of drug-likeness (QED) is 0.730. The van der Waals surface area contributed by atoms with E-state index in [-0.39, 0.29) is 6.42 Å². The van der Waals surface area contributed by atoms with Crippen molar-refractivity contribution in [2.24, 2.45) is 0 Å². The third-order valence-electron chi connectivity index (χ3n) is 2.50. The highest BCUT2D eigenvalue weighted by Gasteiger charge is 2.41. The molecule has 0 aromatic rings. The Balaban J connectivity index is 4.94. The fraction of sp³-hybridized carbons (Fsp3) is 0.786. The van der Waals surface area contributed by atoms with Crippen LogP contribution in [0.5, 0.6) is 0 Å². The van der Waals surface area contributed by atoms with Crippen LogP contribution < -0.4 is 5.32 Å². The maximum atomic E-state index is 12.3. The second kappa shape index (κ2) is 8.14. The smallest absolute Gasteiger partial charge is 0.458 e. The number of rotatable bonds is 7. The van der Waals surface area contributed by atoms with E-state index in [2.05, 4.69) is 0 Å². The van der Waals surface area contributed by atoms with Gasteiger partial charge in [0.05, 0.1) is 0 Å². The minimum absolute atomic E-state index is 0.137. The molecule has 0 fully saturated rings. The van der Waals surface area contributed by atoms with Crippen LogP contribution in [-0.4, -0.2) is 35.5 Å². The summed E-state index contributed by atoms with van der Waals surface area (Å²) < 4.78 is 41.9. The summed E-state index contributed by atoms with van der Waals surface area (Å²) in [5.41, 5.74) is -0.940. The van der Waals surface area contributed by atoms with Crippen LogP contribution in [0.2, 0.25) is 0 Å². The highest BCUT2D eigenvalue weighted by atomic mass is 19.4. The number of esters is 1. The summed E-state index contributed by atoms with van der Waals surface area (Å²) in [6.45, 7) is 6.45. The zero-order valence-electron chi connectivity index (χ0n) is 13.2. The minimum Gasteiger partial charge on any atom is -0.458 e. The molecule has 0 aromatic heterocycles. The lowest BCUT2D eigenvalue weighted by molar-refractivity contribution is -0.177. The van der Waals surface area contributed by atoms with Crippen molar-refractivity contribution in [3.63, 3.8) is 0 Å². The van der Waals surface area contributed by atoms with E-state index in [0.717, 1.165) is 6.42 Å². The van der Waals surface area contributed by atoms with Gasteiger partial charge in [-0.2, -0.15) is 13.2 Å². The van der Waals surface area contributed by atoms with Crippen LogP contribution in [0.4, 0.5) is 13.2 Å². The highest BCUT2D eigenvalue weighted by molar-refractivity contribution is 5.91. The van der Waals surface area contributed by atoms with Crippen LogP contribution >= 0.6 is 0 Å². The molecule has 1 atom stereocenters. The van der Waals surface area contributed by atoms with Gasteiger partial charge in [-0.15, -0.1) is 0 Å². The molecule has 0 aliphatic rings. The second-order valence-corrected chi connectivity index (χ2v) is 5.90. The zero-order valence-corrected chi connectivity index (χ0v) is 13.2. The molecule has 0 bridgehead atoms. The molecule has 1 N–H and O–H groups in total. The SMILES string of the molecule is CCCCC(=O)CC(NC(=O)C(F)(F)F)C(=O)OC(C)(C)C. The summed E-state index contributed by atoms with van der Waals surface area (Å²) in [5, 5.41) is 1.53. The number of hydrogen-bond acceptors (Lipinski definition) is 4. The van der Waals surface area contributed by atoms with Gasteiger partial charge >= 0.3 is 18.1 Å². The molecule has 5 nitrogen and oxygen atoms in total. The van der Waals surface area contributed by atoms with Crippen LogP contribution in [0.25, 0.3) is 0 Å². The van der Waals surface area contributed by atoms with E-state index in [4.69, 9.17) is 4.74 Å². The lowest BCUT2D eigenvalue weighted by Gasteiger charge is -2.24. The Labute approximate surface area is 127 Å². The van der Waals surface area contributed by atoms with Crippen LogP contribution in [0, 0.1) is 0 Å². The van der Waals surface area contributed by atoms with E-state index in [1.54, 1.807) is 0 Å². The normalized spacial score (nSPS) is 13.4. The first-order valence-corrected chi connectivity index (χ1v) is 6.99. The molecule has 0 heterocycles. The molecule has 8 heteroatoms. The molecule has 1 unspecified atom stereocenters. The maximum absolute atomic E-state index is 12.3. The van der Waals surface area contributed by atoms with Crippen molar-refractivity contribution in [3.8, 4) is 0 Å². The van der Waals surface area contributed by atoms with Gasteiger partial charge in [0.15, 0.2) is 0 Å². The van der Waals surface area contributed by atoms with Crippen LogP contribution in [-0.2, 0) is 19.1 Å². The Bertz CT molecular complexity index is 413. The van der Waals surface area contributed by atoms with Crippen molar-refractivity contribution in [1.29, 1.82) is 0 Å². The first kappa shape index (κ1) is 20.4. The molecule has 0 aliphatic carbocycles. The molecule has 22 heavy (non-hydrogen) atoms. The van der Waals surface area contributed by atoms with Crippen LogP contribution in [0.15, 0.2) is 0 Å². The van der Waals surface area contributed by atoms with E-state index >= 15 is 0 Å². The molecular weight excluding hydrogens is 303 g/mol. The Morgan fingerprint density at radius 3 is 2.09 bits per heavy atom. The fourth-order valence-corrected chi connectivity index (χ4v) is 1.51. The van der Waals surface area contributed by atoms with Crippen molar-refractivity contribution < 1.29 is 32.3 Å². The predicted octanol–water partition coefficient (Wildman–Crippen LogP) is 2.52. The third-order valence-corrected chi connectivity index (χ3v) is 2.50. The molecule has 0 saturated carbocycles. The van der Waals surface area contributed by atoms with Gasteiger partial charge in [-0.05, 0) is 27.2 Å². The zero-order chi connectivity index (χ0) is 17.6. The molecular formula is C14H22F3NO4. The molecule has 0 radical (unpaired) electrons. The number of Topliss-reactive ketones (excluding diaryl/α,β-unsaturated/α-hetero) is 1. The van der Waals surface area contributed by atoms with E-state index in [9.17, 15) is 27.6 Å². The molecule has 0 saturated heterocycles. The first-order chi connectivity index (χ1) is 9.86. The van der Waals surface area contributed by atoms with Crippen LogP contribution in [0.1, 0.15) is 53.4 Å². The van der Waals surface area contributed by atoms with Crippen molar-refractivity contribution >= 4 is 17.7 Å². The molecule has 0 spiro atoms. The number of carbonyl (C=O) groups excluding carboxylic acids is 3. The Hall–Kier alpha value is -1.60. The molecule has 128 valence electrons. The number of ketones is 1. The number of unbranched alkanes of at least 4 members (excludes halogenated alkanes) is 1. The second-order valence-electron chi connectivity index (χ2n) is 5.90. The van der Waals surface area contributed by atoms with Gasteiger partial charge in [0.25, 0.3) is 0 Å². The molecule has 0 rings (SSSR count). The standard InChI is InChI=1S/C14H22F3NO4/c1-5-6-7-9(19)8-10(11(20)22-13(2,3)4)18-12(21)14(15,16)17/h10H,5-8H2,1-4H3,(H,18,21).